The first kappa shape index (κ1) is 22.2. The van der Waals surface area contributed by atoms with E-state index in [0.29, 0.717) is 40.7 Å². The smallest absolute Gasteiger partial charge is 0.157 e. The van der Waals surface area contributed by atoms with E-state index in [0.717, 1.165) is 12.0 Å². The van der Waals surface area contributed by atoms with E-state index < -0.39 is 17.3 Å². The molecule has 0 fully saturated rings. The molecule has 2 aromatic rings. The molecule has 2 heterocycles. The van der Waals surface area contributed by atoms with Crippen molar-refractivity contribution < 1.29 is 29.2 Å². The summed E-state index contributed by atoms with van der Waals surface area (Å²) in [6.07, 6.45) is 5.15. The van der Waals surface area contributed by atoms with Gasteiger partial charge in [-0.05, 0) is 56.7 Å². The Morgan fingerprint density at radius 1 is 1.22 bits per heavy atom. The molecule has 2 N–H and O–H groups in total. The Kier molecular flexibility index (Phi) is 5.93. The molecule has 6 heteroatoms. The van der Waals surface area contributed by atoms with Gasteiger partial charge in [0, 0.05) is 17.2 Å². The molecule has 0 spiro atoms. The molecular formula is C26H30O6. The van der Waals surface area contributed by atoms with Gasteiger partial charge in [-0.15, -0.1) is 0 Å². The topological polar surface area (TPSA) is 77.4 Å². The zero-order valence-electron chi connectivity index (χ0n) is 18.8. The number of benzene rings is 2. The van der Waals surface area contributed by atoms with Gasteiger partial charge in [0.05, 0.1) is 12.2 Å². The zero-order chi connectivity index (χ0) is 22.9. The predicted octanol–water partition coefficient (Wildman–Crippen LogP) is 4.54. The third-order valence-corrected chi connectivity index (χ3v) is 5.64. The van der Waals surface area contributed by atoms with Crippen LogP contribution in [0.15, 0.2) is 49.1 Å². The Morgan fingerprint density at radius 2 is 2.03 bits per heavy atom. The maximum Gasteiger partial charge on any atom is 0.157 e. The molecule has 0 radical (unpaired) electrons. The molecule has 0 saturated heterocycles. The Hall–Kier alpha value is -2.96. The Labute approximate surface area is 188 Å². The van der Waals surface area contributed by atoms with Gasteiger partial charge < -0.3 is 29.2 Å². The third-order valence-electron chi connectivity index (χ3n) is 5.64. The van der Waals surface area contributed by atoms with Crippen LogP contribution in [0, 0.1) is 0 Å². The summed E-state index contributed by atoms with van der Waals surface area (Å²) in [5, 5.41) is 22.9. The van der Waals surface area contributed by atoms with E-state index in [4.69, 9.17) is 18.9 Å². The molecule has 4 rings (SSSR count). The summed E-state index contributed by atoms with van der Waals surface area (Å²) in [6, 6.07) is 8.73. The minimum absolute atomic E-state index is 0.144. The van der Waals surface area contributed by atoms with Gasteiger partial charge in [0.15, 0.2) is 5.60 Å². The van der Waals surface area contributed by atoms with Crippen molar-refractivity contribution in [3.63, 3.8) is 0 Å². The predicted molar refractivity (Wildman–Crippen MR) is 122 cm³/mol. The third kappa shape index (κ3) is 3.96. The summed E-state index contributed by atoms with van der Waals surface area (Å²) in [4.78, 5) is 0. The second-order valence-corrected chi connectivity index (χ2v) is 8.66. The van der Waals surface area contributed by atoms with Gasteiger partial charge in [-0.25, -0.2) is 0 Å². The summed E-state index contributed by atoms with van der Waals surface area (Å²) in [5.41, 5.74) is -0.457. The van der Waals surface area contributed by atoms with E-state index in [2.05, 4.69) is 6.58 Å². The molecule has 32 heavy (non-hydrogen) atoms. The number of ether oxygens (including phenoxy) is 4. The van der Waals surface area contributed by atoms with E-state index in [9.17, 15) is 10.2 Å². The van der Waals surface area contributed by atoms with Crippen molar-refractivity contribution in [1.82, 2.24) is 0 Å². The monoisotopic (exact) mass is 438 g/mol. The first-order valence-electron chi connectivity index (χ1n) is 10.9. The van der Waals surface area contributed by atoms with Crippen molar-refractivity contribution in [2.75, 3.05) is 19.8 Å². The van der Waals surface area contributed by atoms with Crippen LogP contribution < -0.4 is 18.9 Å². The van der Waals surface area contributed by atoms with Crippen LogP contribution >= 0.6 is 0 Å². The van der Waals surface area contributed by atoms with E-state index in [1.54, 1.807) is 36.4 Å². The zero-order valence-corrected chi connectivity index (χ0v) is 18.8. The van der Waals surface area contributed by atoms with E-state index in [1.807, 2.05) is 32.9 Å². The van der Waals surface area contributed by atoms with Crippen LogP contribution in [0.4, 0.5) is 0 Å². The van der Waals surface area contributed by atoms with Crippen LogP contribution in [0.3, 0.4) is 0 Å². The van der Waals surface area contributed by atoms with Gasteiger partial charge in [-0.1, -0.05) is 19.6 Å². The molecule has 0 aromatic heterocycles. The largest absolute Gasteiger partial charge is 0.493 e. The Morgan fingerprint density at radius 3 is 2.78 bits per heavy atom. The molecule has 2 aliphatic heterocycles. The van der Waals surface area contributed by atoms with Crippen molar-refractivity contribution in [2.45, 2.75) is 44.5 Å². The lowest BCUT2D eigenvalue weighted by Crippen LogP contribution is -2.43. The molecule has 2 aromatic carbocycles. The normalized spacial score (nSPS) is 22.7. The summed E-state index contributed by atoms with van der Waals surface area (Å²) in [7, 11) is 0. The van der Waals surface area contributed by atoms with Crippen molar-refractivity contribution >= 4 is 6.08 Å². The highest BCUT2D eigenvalue weighted by Gasteiger charge is 2.47. The van der Waals surface area contributed by atoms with Gasteiger partial charge in [-0.2, -0.15) is 0 Å². The minimum atomic E-state index is -1.71. The Bertz CT molecular complexity index is 1040. The van der Waals surface area contributed by atoms with Crippen LogP contribution in [0.5, 0.6) is 23.0 Å². The van der Waals surface area contributed by atoms with Crippen LogP contribution in [0.1, 0.15) is 50.0 Å². The second-order valence-electron chi connectivity index (χ2n) is 8.66. The molecule has 0 bridgehead atoms. The average Bonchev–Trinajstić information content (AvgIpc) is 2.77. The maximum atomic E-state index is 11.6. The van der Waals surface area contributed by atoms with E-state index >= 15 is 0 Å². The maximum absolute atomic E-state index is 11.6. The number of aliphatic hydroxyl groups excluding tert-OH is 1. The first-order chi connectivity index (χ1) is 15.3. The number of fused-ring (bicyclic) bond motifs is 3. The molecule has 0 amide bonds. The molecule has 0 saturated carbocycles. The molecule has 2 aliphatic rings. The van der Waals surface area contributed by atoms with E-state index in [1.165, 1.54) is 0 Å². The second kappa shape index (κ2) is 8.52. The van der Waals surface area contributed by atoms with Gasteiger partial charge in [0.2, 0.25) is 0 Å². The highest BCUT2D eigenvalue weighted by molar-refractivity contribution is 5.70. The SMILES string of the molecule is C=CCOc1cc(OCCC)ccc1C1(O)COc2c(ccc3c2C=CC(C)(C)O3)C1O. The highest BCUT2D eigenvalue weighted by atomic mass is 16.5. The molecular weight excluding hydrogens is 408 g/mol. The van der Waals surface area contributed by atoms with Crippen LogP contribution in [-0.4, -0.2) is 35.6 Å². The van der Waals surface area contributed by atoms with Crippen molar-refractivity contribution in [1.29, 1.82) is 0 Å². The standard InChI is InChI=1S/C26H30O6/c1-5-13-29-17-7-9-20(22(15-17)30-14-6-2)26(28)16-31-23-18-11-12-25(3,4)32-21(18)10-8-19(23)24(26)27/h6-12,15,24,27-28H,2,5,13-14,16H2,1,3-4H3. The molecule has 0 aliphatic carbocycles. The van der Waals surface area contributed by atoms with E-state index in [-0.39, 0.29) is 13.2 Å². The van der Waals surface area contributed by atoms with Crippen LogP contribution in [0.25, 0.3) is 6.08 Å². The lowest BCUT2D eigenvalue weighted by atomic mass is 9.81. The van der Waals surface area contributed by atoms with Crippen molar-refractivity contribution in [2.24, 2.45) is 0 Å². The first-order valence-corrected chi connectivity index (χ1v) is 10.9. The summed E-state index contributed by atoms with van der Waals surface area (Å²) in [6.45, 7) is 10.3. The molecule has 170 valence electrons. The van der Waals surface area contributed by atoms with Crippen molar-refractivity contribution in [3.05, 3.63) is 65.8 Å². The van der Waals surface area contributed by atoms with Gasteiger partial charge in [0.25, 0.3) is 0 Å². The lowest BCUT2D eigenvalue weighted by molar-refractivity contribution is -0.122. The fourth-order valence-corrected chi connectivity index (χ4v) is 4.00. The number of hydrogen-bond acceptors (Lipinski definition) is 6. The molecule has 2 unspecified atom stereocenters. The van der Waals surface area contributed by atoms with Crippen molar-refractivity contribution in [3.8, 4) is 23.0 Å². The highest BCUT2D eigenvalue weighted by Crippen LogP contribution is 2.50. The summed E-state index contributed by atoms with van der Waals surface area (Å²) in [5.74, 6) is 2.24. The van der Waals surface area contributed by atoms with Crippen LogP contribution in [0.2, 0.25) is 0 Å². The minimum Gasteiger partial charge on any atom is -0.493 e. The quantitative estimate of drug-likeness (QED) is 0.618. The fraction of sp³-hybridized carbons (Fsp3) is 0.385. The average molecular weight is 439 g/mol. The summed E-state index contributed by atoms with van der Waals surface area (Å²) >= 11 is 0. The fourth-order valence-electron chi connectivity index (χ4n) is 4.00. The van der Waals surface area contributed by atoms with Crippen LogP contribution in [-0.2, 0) is 5.60 Å². The molecule has 6 nitrogen and oxygen atoms in total. The number of rotatable bonds is 7. The van der Waals surface area contributed by atoms with Gasteiger partial charge >= 0.3 is 0 Å². The molecule has 2 atom stereocenters. The lowest BCUT2D eigenvalue weighted by Gasteiger charge is -2.40. The summed E-state index contributed by atoms with van der Waals surface area (Å²) < 4.78 is 23.6. The Balaban J connectivity index is 1.72. The number of hydrogen-bond donors (Lipinski definition) is 2. The van der Waals surface area contributed by atoms with Gasteiger partial charge in [0.1, 0.15) is 47.9 Å². The van der Waals surface area contributed by atoms with Gasteiger partial charge in [-0.3, -0.25) is 0 Å². The number of aliphatic hydroxyl groups is 2.